The Morgan fingerprint density at radius 3 is 2.55 bits per heavy atom. The number of sulfonamides is 1. The minimum absolute atomic E-state index is 0.0370. The first-order chi connectivity index (χ1) is 5.02. The highest BCUT2D eigenvalue weighted by Gasteiger charge is 2.12. The highest BCUT2D eigenvalue weighted by molar-refractivity contribution is 7.89. The Kier molecular flexibility index (Phi) is 2.12. The molecule has 1 heterocycles. The summed E-state index contributed by atoms with van der Waals surface area (Å²) < 4.78 is 21.4. The molecule has 0 aliphatic rings. The van der Waals surface area contributed by atoms with Gasteiger partial charge in [-0.25, -0.2) is 18.5 Å². The Morgan fingerprint density at radius 1 is 1.55 bits per heavy atom. The van der Waals surface area contributed by atoms with E-state index in [0.29, 0.717) is 0 Å². The van der Waals surface area contributed by atoms with E-state index in [1.54, 1.807) is 0 Å². The minimum atomic E-state index is -3.78. The second-order valence-corrected chi connectivity index (χ2v) is 3.72. The van der Waals surface area contributed by atoms with Gasteiger partial charge in [0.1, 0.15) is 0 Å². The van der Waals surface area contributed by atoms with E-state index < -0.39 is 10.0 Å². The van der Waals surface area contributed by atoms with Crippen LogP contribution in [0.15, 0.2) is 23.4 Å². The lowest BCUT2D eigenvalue weighted by Gasteiger charge is -1.96. The van der Waals surface area contributed by atoms with Crippen molar-refractivity contribution in [1.82, 2.24) is 4.98 Å². The summed E-state index contributed by atoms with van der Waals surface area (Å²) in [6.45, 7) is 0. The van der Waals surface area contributed by atoms with E-state index in [0.717, 1.165) is 0 Å². The first kappa shape index (κ1) is 8.45. The van der Waals surface area contributed by atoms with E-state index in [1.165, 1.54) is 18.3 Å². The molecule has 0 amide bonds. The van der Waals surface area contributed by atoms with Gasteiger partial charge in [0.15, 0.2) is 5.03 Å². The molecular weight excluding hydrogens is 188 g/mol. The van der Waals surface area contributed by atoms with Crippen LogP contribution in [0.3, 0.4) is 0 Å². The molecule has 0 aromatic carbocycles. The summed E-state index contributed by atoms with van der Waals surface area (Å²) in [6, 6.07) is 2.94. The van der Waals surface area contributed by atoms with Crippen LogP contribution < -0.4 is 5.14 Å². The second kappa shape index (κ2) is 2.77. The predicted molar refractivity (Wildman–Crippen MR) is 40.6 cm³/mol. The Balaban J connectivity index is 3.37. The smallest absolute Gasteiger partial charge is 0.242 e. The topological polar surface area (TPSA) is 73.1 Å². The van der Waals surface area contributed by atoms with Gasteiger partial charge in [-0.3, -0.25) is 0 Å². The molecule has 0 unspecified atom stereocenters. The number of rotatable bonds is 1. The number of pyridine rings is 1. The van der Waals surface area contributed by atoms with Gasteiger partial charge in [-0.2, -0.15) is 0 Å². The van der Waals surface area contributed by atoms with Crippen molar-refractivity contribution in [2.75, 3.05) is 0 Å². The first-order valence-electron chi connectivity index (χ1n) is 2.65. The minimum Gasteiger partial charge on any atom is -0.242 e. The number of nitrogens with two attached hydrogens (primary N) is 1. The average Bonchev–Trinajstić information content (AvgIpc) is 1.86. The number of primary sulfonamides is 1. The number of nitrogens with zero attached hydrogens (tertiary/aromatic N) is 1. The van der Waals surface area contributed by atoms with Crippen molar-refractivity contribution >= 4 is 21.6 Å². The second-order valence-electron chi connectivity index (χ2n) is 1.84. The van der Waals surface area contributed by atoms with Crippen LogP contribution in [0.25, 0.3) is 0 Å². The standard InChI is InChI=1S/C5H5ClN2O2S/c6-4-2-1-3-8-5(4)11(7,9)10/h1-3H,(H2,7,9,10). The van der Waals surface area contributed by atoms with E-state index in [9.17, 15) is 8.42 Å². The van der Waals surface area contributed by atoms with Crippen LogP contribution in [0.2, 0.25) is 5.02 Å². The lowest BCUT2D eigenvalue weighted by atomic mass is 10.5. The zero-order chi connectivity index (χ0) is 8.48. The molecule has 1 rings (SSSR count). The summed E-state index contributed by atoms with van der Waals surface area (Å²) in [5, 5.41) is 4.53. The highest BCUT2D eigenvalue weighted by atomic mass is 35.5. The molecule has 1 aromatic heterocycles. The van der Waals surface area contributed by atoms with E-state index in [1.807, 2.05) is 0 Å². The molecule has 1 aromatic rings. The fourth-order valence-electron chi connectivity index (χ4n) is 0.581. The number of aromatic nitrogens is 1. The summed E-state index contributed by atoms with van der Waals surface area (Å²) in [5.41, 5.74) is 0. The van der Waals surface area contributed by atoms with Gasteiger partial charge >= 0.3 is 0 Å². The van der Waals surface area contributed by atoms with Crippen LogP contribution in [-0.2, 0) is 10.0 Å². The summed E-state index contributed by atoms with van der Waals surface area (Å²) >= 11 is 5.49. The lowest BCUT2D eigenvalue weighted by Crippen LogP contribution is -2.14. The van der Waals surface area contributed by atoms with Crippen molar-refractivity contribution in [3.8, 4) is 0 Å². The average molecular weight is 193 g/mol. The SMILES string of the molecule is NS(=O)(=O)c1ncccc1Cl. The summed E-state index contributed by atoms with van der Waals surface area (Å²) in [5.74, 6) is 0. The van der Waals surface area contributed by atoms with E-state index in [4.69, 9.17) is 16.7 Å². The van der Waals surface area contributed by atoms with Gasteiger partial charge in [0.2, 0.25) is 0 Å². The largest absolute Gasteiger partial charge is 0.257 e. The van der Waals surface area contributed by atoms with Gasteiger partial charge in [-0.1, -0.05) is 11.6 Å². The van der Waals surface area contributed by atoms with Gasteiger partial charge in [0.05, 0.1) is 5.02 Å². The highest BCUT2D eigenvalue weighted by Crippen LogP contribution is 2.15. The monoisotopic (exact) mass is 192 g/mol. The zero-order valence-corrected chi connectivity index (χ0v) is 6.93. The van der Waals surface area contributed by atoms with Crippen LogP contribution in [0.1, 0.15) is 0 Å². The van der Waals surface area contributed by atoms with E-state index in [-0.39, 0.29) is 10.0 Å². The number of hydrogen-bond acceptors (Lipinski definition) is 3. The van der Waals surface area contributed by atoms with Crippen LogP contribution in [0.4, 0.5) is 0 Å². The summed E-state index contributed by atoms with van der Waals surface area (Å²) in [4.78, 5) is 3.50. The third kappa shape index (κ3) is 1.89. The van der Waals surface area contributed by atoms with E-state index in [2.05, 4.69) is 4.98 Å². The lowest BCUT2D eigenvalue weighted by molar-refractivity contribution is 0.594. The molecule has 0 fully saturated rings. The summed E-state index contributed by atoms with van der Waals surface area (Å²) in [6.07, 6.45) is 1.31. The molecule has 6 heteroatoms. The molecule has 60 valence electrons. The predicted octanol–water partition coefficient (Wildman–Crippen LogP) is 0.382. The third-order valence-electron chi connectivity index (χ3n) is 0.994. The van der Waals surface area contributed by atoms with Crippen molar-refractivity contribution < 1.29 is 8.42 Å². The van der Waals surface area contributed by atoms with Gasteiger partial charge in [0, 0.05) is 6.20 Å². The molecule has 0 atom stereocenters. The van der Waals surface area contributed by atoms with Gasteiger partial charge < -0.3 is 0 Å². The van der Waals surface area contributed by atoms with Crippen molar-refractivity contribution in [2.24, 2.45) is 5.14 Å². The van der Waals surface area contributed by atoms with Crippen molar-refractivity contribution in [3.63, 3.8) is 0 Å². The fourth-order valence-corrected chi connectivity index (χ4v) is 1.57. The first-order valence-corrected chi connectivity index (χ1v) is 4.57. The quantitative estimate of drug-likeness (QED) is 0.699. The fraction of sp³-hybridized carbons (Fsp3) is 0. The molecule has 0 saturated carbocycles. The number of halogens is 1. The molecule has 0 radical (unpaired) electrons. The third-order valence-corrected chi connectivity index (χ3v) is 2.28. The summed E-state index contributed by atoms with van der Waals surface area (Å²) in [7, 11) is -3.78. The molecule has 2 N–H and O–H groups in total. The Morgan fingerprint density at radius 2 is 2.18 bits per heavy atom. The van der Waals surface area contributed by atoms with Gasteiger partial charge in [-0.15, -0.1) is 0 Å². The maximum atomic E-state index is 10.7. The molecule has 11 heavy (non-hydrogen) atoms. The molecule has 0 bridgehead atoms. The van der Waals surface area contributed by atoms with Crippen LogP contribution in [-0.4, -0.2) is 13.4 Å². The molecule has 0 aliphatic carbocycles. The molecule has 0 aliphatic heterocycles. The zero-order valence-electron chi connectivity index (χ0n) is 5.36. The normalized spacial score (nSPS) is 11.5. The molecule has 4 nitrogen and oxygen atoms in total. The van der Waals surface area contributed by atoms with E-state index >= 15 is 0 Å². The van der Waals surface area contributed by atoms with Gasteiger partial charge in [0.25, 0.3) is 10.0 Å². The van der Waals surface area contributed by atoms with Crippen molar-refractivity contribution in [2.45, 2.75) is 5.03 Å². The molecule has 0 saturated heterocycles. The van der Waals surface area contributed by atoms with Gasteiger partial charge in [-0.05, 0) is 12.1 Å². The molecular formula is C5H5ClN2O2S. The van der Waals surface area contributed by atoms with Crippen LogP contribution in [0, 0.1) is 0 Å². The van der Waals surface area contributed by atoms with Crippen molar-refractivity contribution in [3.05, 3.63) is 23.4 Å². The maximum absolute atomic E-state index is 10.7. The Bertz CT molecular complexity index is 363. The van der Waals surface area contributed by atoms with Crippen molar-refractivity contribution in [1.29, 1.82) is 0 Å². The Labute approximate surface area is 69.1 Å². The maximum Gasteiger partial charge on any atom is 0.257 e. The van der Waals surface area contributed by atoms with Crippen LogP contribution >= 0.6 is 11.6 Å². The van der Waals surface area contributed by atoms with Crippen LogP contribution in [0.5, 0.6) is 0 Å². The number of hydrogen-bond donors (Lipinski definition) is 1. The Hall–Kier alpha value is -0.650. The molecule has 0 spiro atoms.